The maximum absolute atomic E-state index is 12.6. The van der Waals surface area contributed by atoms with E-state index in [1.165, 1.54) is 4.90 Å². The summed E-state index contributed by atoms with van der Waals surface area (Å²) >= 11 is 0. The number of methoxy groups -OCH3 is 2. The highest BCUT2D eigenvalue weighted by Gasteiger charge is 2.34. The number of amidine groups is 1. The molecule has 1 aromatic carbocycles. The van der Waals surface area contributed by atoms with Crippen molar-refractivity contribution in [3.05, 3.63) is 48.6 Å². The average molecular weight is 382 g/mol. The lowest BCUT2D eigenvalue weighted by molar-refractivity contribution is 0.184. The molecule has 0 aromatic heterocycles. The van der Waals surface area contributed by atoms with Crippen molar-refractivity contribution in [3.8, 4) is 5.75 Å². The van der Waals surface area contributed by atoms with Crippen molar-refractivity contribution in [2.75, 3.05) is 32.7 Å². The zero-order chi connectivity index (χ0) is 19.9. The first kappa shape index (κ1) is 19.5. The molecule has 28 heavy (non-hydrogen) atoms. The number of carbonyl (C=O) groups excluding carboxylic acids is 2. The molecule has 1 aliphatic carbocycles. The van der Waals surface area contributed by atoms with Crippen molar-refractivity contribution in [2.45, 2.75) is 6.42 Å². The lowest BCUT2D eigenvalue weighted by Crippen LogP contribution is -2.47. The lowest BCUT2D eigenvalue weighted by atomic mass is 9.94. The van der Waals surface area contributed by atoms with E-state index in [2.05, 4.69) is 15.3 Å². The van der Waals surface area contributed by atoms with Gasteiger partial charge in [0.2, 0.25) is 0 Å². The van der Waals surface area contributed by atoms with Gasteiger partial charge in [-0.05, 0) is 24.6 Å². The largest absolute Gasteiger partial charge is 0.497 e. The number of aliphatic imine (C=N–C) groups is 2. The third-order valence-electron chi connectivity index (χ3n) is 4.28. The van der Waals surface area contributed by atoms with E-state index in [1.807, 2.05) is 12.2 Å². The fraction of sp³-hybridized carbons (Fsp3) is 0.300. The number of rotatable bonds is 6. The molecule has 0 fully saturated rings. The number of urea groups is 2. The highest BCUT2D eigenvalue weighted by atomic mass is 16.5. The Kier molecular flexibility index (Phi) is 6.33. The Labute approximate surface area is 163 Å². The first-order valence-electron chi connectivity index (χ1n) is 8.90. The number of hydrogen-bond donors (Lipinski definition) is 1. The number of nitrogens with one attached hydrogen (secondary N) is 1. The molecule has 0 saturated heterocycles. The van der Waals surface area contributed by atoms with Crippen molar-refractivity contribution in [1.29, 1.82) is 0 Å². The van der Waals surface area contributed by atoms with Gasteiger partial charge in [-0.3, -0.25) is 4.90 Å². The summed E-state index contributed by atoms with van der Waals surface area (Å²) in [5.41, 5.74) is 1.12. The van der Waals surface area contributed by atoms with Crippen LogP contribution in [0.5, 0.6) is 5.75 Å². The minimum atomic E-state index is -0.572. The van der Waals surface area contributed by atoms with E-state index in [0.29, 0.717) is 42.6 Å². The highest BCUT2D eigenvalue weighted by Crippen LogP contribution is 2.22. The number of anilines is 1. The molecule has 2 aliphatic rings. The van der Waals surface area contributed by atoms with Crippen LogP contribution >= 0.6 is 0 Å². The minimum Gasteiger partial charge on any atom is -0.497 e. The van der Waals surface area contributed by atoms with Crippen LogP contribution in [0.3, 0.4) is 0 Å². The summed E-state index contributed by atoms with van der Waals surface area (Å²) in [6.07, 6.45) is 7.88. The van der Waals surface area contributed by atoms with Gasteiger partial charge in [-0.1, -0.05) is 24.3 Å². The molecule has 1 aromatic rings. The lowest BCUT2D eigenvalue weighted by Gasteiger charge is -2.31. The quantitative estimate of drug-likeness (QED) is 0.764. The molecule has 0 bridgehead atoms. The molecule has 1 aliphatic heterocycles. The number of benzene rings is 1. The molecular weight excluding hydrogens is 360 g/mol. The van der Waals surface area contributed by atoms with Crippen molar-refractivity contribution < 1.29 is 19.1 Å². The van der Waals surface area contributed by atoms with Crippen LogP contribution in [0.25, 0.3) is 0 Å². The topological polar surface area (TPSA) is 92.6 Å². The summed E-state index contributed by atoms with van der Waals surface area (Å²) in [6, 6.07) is 5.96. The second-order valence-electron chi connectivity index (χ2n) is 6.17. The Morgan fingerprint density at radius 3 is 2.96 bits per heavy atom. The van der Waals surface area contributed by atoms with Crippen LogP contribution in [-0.4, -0.2) is 55.9 Å². The van der Waals surface area contributed by atoms with Crippen LogP contribution in [0.2, 0.25) is 0 Å². The van der Waals surface area contributed by atoms with Crippen molar-refractivity contribution in [3.63, 3.8) is 0 Å². The first-order chi connectivity index (χ1) is 13.6. The molecule has 0 radical (unpaired) electrons. The van der Waals surface area contributed by atoms with Gasteiger partial charge in [0, 0.05) is 32.0 Å². The standard InChI is InChI=1S/C20H22N4O4/c1-27-12-6-11-24-18(16-9-3-4-10-17(16)22-20(24)26)23-19(25)21-14-7-5-8-15(13-14)28-2/h3-5,7-10,13,16H,6,11-12H2,1-2H3,(H,21,25)/b23-18-. The normalized spacial score (nSPS) is 19.4. The monoisotopic (exact) mass is 382 g/mol. The summed E-state index contributed by atoms with van der Waals surface area (Å²) in [7, 11) is 3.15. The fourth-order valence-corrected chi connectivity index (χ4v) is 2.96. The highest BCUT2D eigenvalue weighted by molar-refractivity contribution is 6.24. The Hall–Kier alpha value is -3.26. The molecule has 3 rings (SSSR count). The van der Waals surface area contributed by atoms with Gasteiger partial charge in [-0.25, -0.2) is 9.59 Å². The van der Waals surface area contributed by atoms with Crippen molar-refractivity contribution in [2.24, 2.45) is 15.9 Å². The van der Waals surface area contributed by atoms with Crippen LogP contribution in [0, 0.1) is 5.92 Å². The maximum atomic E-state index is 12.6. The van der Waals surface area contributed by atoms with E-state index in [9.17, 15) is 9.59 Å². The molecule has 8 nitrogen and oxygen atoms in total. The van der Waals surface area contributed by atoms with E-state index in [1.54, 1.807) is 50.6 Å². The number of allylic oxidation sites excluding steroid dienone is 3. The van der Waals surface area contributed by atoms with Gasteiger partial charge in [0.15, 0.2) is 0 Å². The van der Waals surface area contributed by atoms with Crippen LogP contribution < -0.4 is 10.1 Å². The third-order valence-corrected chi connectivity index (χ3v) is 4.28. The van der Waals surface area contributed by atoms with Gasteiger partial charge in [-0.2, -0.15) is 9.98 Å². The average Bonchev–Trinajstić information content (AvgIpc) is 2.70. The minimum absolute atomic E-state index is 0.346. The Balaban J connectivity index is 1.85. The van der Waals surface area contributed by atoms with Gasteiger partial charge in [0.25, 0.3) is 0 Å². The van der Waals surface area contributed by atoms with Gasteiger partial charge in [0.05, 0.1) is 18.7 Å². The Morgan fingerprint density at radius 2 is 2.18 bits per heavy atom. The zero-order valence-corrected chi connectivity index (χ0v) is 15.8. The predicted molar refractivity (Wildman–Crippen MR) is 107 cm³/mol. The van der Waals surface area contributed by atoms with Gasteiger partial charge >= 0.3 is 12.1 Å². The van der Waals surface area contributed by atoms with Gasteiger partial charge < -0.3 is 14.8 Å². The zero-order valence-electron chi connectivity index (χ0n) is 15.8. The second-order valence-corrected chi connectivity index (χ2v) is 6.17. The molecule has 8 heteroatoms. The van der Waals surface area contributed by atoms with E-state index in [0.717, 1.165) is 0 Å². The molecular formula is C20H22N4O4. The summed E-state index contributed by atoms with van der Waals surface area (Å²) in [4.78, 5) is 34.8. The number of fused-ring (bicyclic) bond motifs is 1. The molecule has 0 saturated carbocycles. The molecule has 1 atom stereocenters. The van der Waals surface area contributed by atoms with E-state index in [4.69, 9.17) is 9.47 Å². The van der Waals surface area contributed by atoms with Crippen LogP contribution in [-0.2, 0) is 4.74 Å². The molecule has 4 amide bonds. The second kappa shape index (κ2) is 9.09. The summed E-state index contributed by atoms with van der Waals surface area (Å²) < 4.78 is 10.2. The van der Waals surface area contributed by atoms with Crippen molar-refractivity contribution in [1.82, 2.24) is 4.90 Å². The van der Waals surface area contributed by atoms with Gasteiger partial charge in [-0.15, -0.1) is 0 Å². The number of hydrogen-bond acceptors (Lipinski definition) is 4. The summed E-state index contributed by atoms with van der Waals surface area (Å²) in [6.45, 7) is 0.854. The van der Waals surface area contributed by atoms with Crippen LogP contribution in [0.15, 0.2) is 58.6 Å². The maximum Gasteiger partial charge on any atom is 0.349 e. The van der Waals surface area contributed by atoms with Crippen molar-refractivity contribution >= 4 is 29.3 Å². The molecule has 146 valence electrons. The predicted octanol–water partition coefficient (Wildman–Crippen LogP) is 3.28. The smallest absolute Gasteiger partial charge is 0.349 e. The fourth-order valence-electron chi connectivity index (χ4n) is 2.96. The number of ether oxygens (including phenoxy) is 2. The van der Waals surface area contributed by atoms with Gasteiger partial charge in [0.1, 0.15) is 11.6 Å². The molecule has 1 N–H and O–H groups in total. The van der Waals surface area contributed by atoms with E-state index < -0.39 is 12.1 Å². The number of amides is 4. The SMILES string of the molecule is COCCCN1C(=O)N=C2C=CC=CC2/C1=N/C(=O)Nc1cccc(OC)c1. The number of carbonyl (C=O) groups is 2. The van der Waals surface area contributed by atoms with Crippen LogP contribution in [0.1, 0.15) is 6.42 Å². The molecule has 1 unspecified atom stereocenters. The van der Waals surface area contributed by atoms with Crippen LogP contribution in [0.4, 0.5) is 15.3 Å². The Bertz CT molecular complexity index is 873. The summed E-state index contributed by atoms with van der Waals surface area (Å²) in [5.74, 6) is 0.627. The third kappa shape index (κ3) is 4.52. The van der Waals surface area contributed by atoms with E-state index in [-0.39, 0.29) is 5.92 Å². The first-order valence-corrected chi connectivity index (χ1v) is 8.90. The Morgan fingerprint density at radius 1 is 1.32 bits per heavy atom. The summed E-state index contributed by atoms with van der Waals surface area (Å²) in [5, 5.41) is 2.71. The van der Waals surface area contributed by atoms with E-state index >= 15 is 0 Å². The molecule has 1 heterocycles. The number of nitrogens with zero attached hydrogens (tertiary/aromatic N) is 3. The molecule has 0 spiro atoms.